The van der Waals surface area contributed by atoms with Crippen molar-refractivity contribution in [1.29, 1.82) is 0 Å². The van der Waals surface area contributed by atoms with E-state index >= 15 is 0 Å². The SMILES string of the molecule is CCCOP(=O)(Nc1cc(-c2ccc(Cl)cc2)sc1C(=O)O)c1ccc(C)cc1C. The summed E-state index contributed by atoms with van der Waals surface area (Å²) in [6.07, 6.45) is 0.683. The molecular weight excluding hydrogens is 441 g/mol. The molecule has 0 aliphatic carbocycles. The Bertz CT molecular complexity index is 1110. The number of aromatic carboxylic acids is 1. The molecule has 0 radical (unpaired) electrons. The monoisotopic (exact) mass is 463 g/mol. The van der Waals surface area contributed by atoms with Crippen molar-refractivity contribution in [3.8, 4) is 10.4 Å². The molecular formula is C22H23ClNO4PS. The predicted molar refractivity (Wildman–Crippen MR) is 125 cm³/mol. The van der Waals surface area contributed by atoms with E-state index in [9.17, 15) is 14.5 Å². The molecule has 1 aromatic heterocycles. The summed E-state index contributed by atoms with van der Waals surface area (Å²) in [6.45, 7) is 6.05. The molecule has 0 saturated heterocycles. The van der Waals surface area contributed by atoms with Gasteiger partial charge in [0.15, 0.2) is 0 Å². The fourth-order valence-electron chi connectivity index (χ4n) is 3.07. The number of thiophene rings is 1. The highest BCUT2D eigenvalue weighted by Gasteiger charge is 2.31. The lowest BCUT2D eigenvalue weighted by molar-refractivity contribution is 0.0703. The number of aryl methyl sites for hydroxylation is 2. The van der Waals surface area contributed by atoms with Crippen LogP contribution in [0.15, 0.2) is 48.5 Å². The smallest absolute Gasteiger partial charge is 0.348 e. The van der Waals surface area contributed by atoms with Crippen molar-refractivity contribution in [3.63, 3.8) is 0 Å². The Balaban J connectivity index is 2.06. The van der Waals surface area contributed by atoms with E-state index in [-0.39, 0.29) is 17.2 Å². The quantitative estimate of drug-likeness (QED) is 0.362. The molecule has 0 bridgehead atoms. The van der Waals surface area contributed by atoms with Crippen LogP contribution in [0.5, 0.6) is 0 Å². The van der Waals surface area contributed by atoms with Gasteiger partial charge < -0.3 is 14.7 Å². The zero-order valence-corrected chi connectivity index (χ0v) is 19.4. The van der Waals surface area contributed by atoms with Crippen molar-refractivity contribution in [1.82, 2.24) is 0 Å². The summed E-state index contributed by atoms with van der Waals surface area (Å²) in [7, 11) is -3.55. The third-order valence-corrected chi connectivity index (χ3v) is 8.11. The lowest BCUT2D eigenvalue weighted by Crippen LogP contribution is -2.18. The van der Waals surface area contributed by atoms with E-state index in [0.29, 0.717) is 16.7 Å². The lowest BCUT2D eigenvalue weighted by Gasteiger charge is -2.22. The maximum absolute atomic E-state index is 13.9. The van der Waals surface area contributed by atoms with Gasteiger partial charge in [-0.25, -0.2) is 4.79 Å². The topological polar surface area (TPSA) is 75.6 Å². The highest BCUT2D eigenvalue weighted by molar-refractivity contribution is 7.68. The maximum Gasteiger partial charge on any atom is 0.348 e. The molecule has 0 saturated carbocycles. The van der Waals surface area contributed by atoms with Gasteiger partial charge in [-0.3, -0.25) is 4.57 Å². The van der Waals surface area contributed by atoms with E-state index in [1.54, 1.807) is 24.3 Å². The molecule has 2 aromatic carbocycles. The average molecular weight is 464 g/mol. The Morgan fingerprint density at radius 3 is 2.47 bits per heavy atom. The first kappa shape index (κ1) is 22.6. The van der Waals surface area contributed by atoms with Gasteiger partial charge in [0.1, 0.15) is 4.88 Å². The second-order valence-corrected chi connectivity index (χ2v) is 10.5. The summed E-state index contributed by atoms with van der Waals surface area (Å²) < 4.78 is 19.7. The highest BCUT2D eigenvalue weighted by Crippen LogP contribution is 2.49. The normalized spacial score (nSPS) is 13.1. The molecule has 0 aliphatic rings. The van der Waals surface area contributed by atoms with Gasteiger partial charge in [0.05, 0.1) is 17.6 Å². The van der Waals surface area contributed by atoms with Crippen LogP contribution in [0.1, 0.15) is 34.1 Å². The minimum Gasteiger partial charge on any atom is -0.477 e. The number of rotatable bonds is 8. The standard InChI is InChI=1S/C22H23ClNO4PS/c1-4-11-28-29(27,19-10-5-14(2)12-15(19)3)24-18-13-20(30-21(18)22(25)26)16-6-8-17(23)9-7-16/h5-10,12-13H,4,11H2,1-3H3,(H,24,27)(H,25,26). The van der Waals surface area contributed by atoms with E-state index in [4.69, 9.17) is 16.1 Å². The minimum absolute atomic E-state index is 0.0741. The first-order chi connectivity index (χ1) is 14.2. The number of halogens is 1. The minimum atomic E-state index is -3.55. The predicted octanol–water partition coefficient (Wildman–Crippen LogP) is 6.74. The third-order valence-electron chi connectivity index (χ3n) is 4.47. The Labute approximate surface area is 185 Å². The van der Waals surface area contributed by atoms with Gasteiger partial charge >= 0.3 is 13.5 Å². The largest absolute Gasteiger partial charge is 0.477 e. The van der Waals surface area contributed by atoms with E-state index in [0.717, 1.165) is 32.9 Å². The zero-order chi connectivity index (χ0) is 21.9. The van der Waals surface area contributed by atoms with Gasteiger partial charge in [-0.2, -0.15) is 0 Å². The van der Waals surface area contributed by atoms with E-state index in [2.05, 4.69) is 5.09 Å². The Morgan fingerprint density at radius 2 is 1.87 bits per heavy atom. The Morgan fingerprint density at radius 1 is 1.17 bits per heavy atom. The summed E-state index contributed by atoms with van der Waals surface area (Å²) >= 11 is 7.07. The molecule has 30 heavy (non-hydrogen) atoms. The number of carboxylic acid groups (broad SMARTS) is 1. The zero-order valence-electron chi connectivity index (χ0n) is 16.9. The van der Waals surface area contributed by atoms with Crippen molar-refractivity contribution in [3.05, 3.63) is 69.6 Å². The summed E-state index contributed by atoms with van der Waals surface area (Å²) in [4.78, 5) is 12.7. The van der Waals surface area contributed by atoms with Crippen LogP contribution in [-0.2, 0) is 9.09 Å². The van der Waals surface area contributed by atoms with Gasteiger partial charge in [0, 0.05) is 9.90 Å². The molecule has 0 aliphatic heterocycles. The fourth-order valence-corrected chi connectivity index (χ4v) is 6.28. The first-order valence-corrected chi connectivity index (χ1v) is 12.3. The van der Waals surface area contributed by atoms with Gasteiger partial charge in [-0.05, 0) is 55.7 Å². The summed E-state index contributed by atoms with van der Waals surface area (Å²) in [6, 6.07) is 14.4. The van der Waals surface area contributed by atoms with E-state index in [1.807, 2.05) is 45.0 Å². The first-order valence-electron chi connectivity index (χ1n) is 9.47. The molecule has 3 rings (SSSR count). The van der Waals surface area contributed by atoms with Crippen LogP contribution in [0.2, 0.25) is 5.02 Å². The molecule has 8 heteroatoms. The Kier molecular flexibility index (Phi) is 7.04. The third kappa shape index (κ3) is 4.96. The molecule has 1 heterocycles. The fraction of sp³-hybridized carbons (Fsp3) is 0.227. The second-order valence-electron chi connectivity index (χ2n) is 6.95. The van der Waals surface area contributed by atoms with Crippen molar-refractivity contribution in [2.45, 2.75) is 27.2 Å². The van der Waals surface area contributed by atoms with Crippen LogP contribution in [0, 0.1) is 13.8 Å². The molecule has 2 N–H and O–H groups in total. The lowest BCUT2D eigenvalue weighted by atomic mass is 10.2. The molecule has 0 amide bonds. The number of carboxylic acids is 1. The van der Waals surface area contributed by atoms with Crippen molar-refractivity contribution in [2.24, 2.45) is 0 Å². The van der Waals surface area contributed by atoms with Gasteiger partial charge in [-0.1, -0.05) is 48.4 Å². The maximum atomic E-state index is 13.9. The number of carbonyl (C=O) groups is 1. The molecule has 1 atom stereocenters. The molecule has 1 unspecified atom stereocenters. The summed E-state index contributed by atoms with van der Waals surface area (Å²) in [5.41, 5.74) is 2.98. The van der Waals surface area contributed by atoms with Gasteiger partial charge in [0.25, 0.3) is 0 Å². The van der Waals surface area contributed by atoms with Crippen molar-refractivity contribution < 1.29 is 19.0 Å². The van der Waals surface area contributed by atoms with Crippen molar-refractivity contribution >= 4 is 47.4 Å². The molecule has 5 nitrogen and oxygen atoms in total. The van der Waals surface area contributed by atoms with Crippen LogP contribution in [0.25, 0.3) is 10.4 Å². The molecule has 3 aromatic rings. The second kappa shape index (κ2) is 9.36. The van der Waals surface area contributed by atoms with Crippen LogP contribution in [0.3, 0.4) is 0 Å². The number of anilines is 1. The molecule has 0 spiro atoms. The number of benzene rings is 2. The summed E-state index contributed by atoms with van der Waals surface area (Å²) in [5, 5.41) is 13.8. The molecule has 0 fully saturated rings. The van der Waals surface area contributed by atoms with Crippen molar-refractivity contribution in [2.75, 3.05) is 11.7 Å². The number of hydrogen-bond donors (Lipinski definition) is 2. The number of hydrogen-bond acceptors (Lipinski definition) is 4. The molecule has 158 valence electrons. The highest BCUT2D eigenvalue weighted by atomic mass is 35.5. The van der Waals surface area contributed by atoms with Crippen LogP contribution in [-0.4, -0.2) is 17.7 Å². The van der Waals surface area contributed by atoms with E-state index in [1.165, 1.54) is 0 Å². The van der Waals surface area contributed by atoms with Crippen LogP contribution >= 0.6 is 30.5 Å². The van der Waals surface area contributed by atoms with Crippen LogP contribution < -0.4 is 10.4 Å². The van der Waals surface area contributed by atoms with Crippen LogP contribution in [0.4, 0.5) is 5.69 Å². The number of nitrogens with one attached hydrogen (secondary N) is 1. The van der Waals surface area contributed by atoms with Gasteiger partial charge in [0.2, 0.25) is 0 Å². The average Bonchev–Trinajstić information content (AvgIpc) is 3.10. The Hall–Kier alpha value is -2.11. The van der Waals surface area contributed by atoms with E-state index < -0.39 is 13.5 Å². The van der Waals surface area contributed by atoms with Gasteiger partial charge in [-0.15, -0.1) is 11.3 Å². The summed E-state index contributed by atoms with van der Waals surface area (Å²) in [5.74, 6) is -1.09.